The van der Waals surface area contributed by atoms with Crippen molar-refractivity contribution in [3.05, 3.63) is 17.0 Å². The maximum Gasteiger partial charge on any atom is 0.376 e. The molecule has 1 aliphatic rings. The van der Waals surface area contributed by atoms with Crippen LogP contribution in [0.25, 0.3) is 0 Å². The number of methoxy groups -OCH3 is 1. The topological polar surface area (TPSA) is 64.1 Å². The summed E-state index contributed by atoms with van der Waals surface area (Å²) in [5.41, 5.74) is 0. The lowest BCUT2D eigenvalue weighted by Gasteiger charge is -2.21. The van der Waals surface area contributed by atoms with Gasteiger partial charge in [-0.05, 0) is 30.3 Å². The number of esters is 1. The van der Waals surface area contributed by atoms with E-state index in [9.17, 15) is 4.79 Å². The molecular formula is C12H16ClN3O2S. The van der Waals surface area contributed by atoms with Gasteiger partial charge in [-0.15, -0.1) is 0 Å². The Balaban J connectivity index is 1.99. The molecule has 1 aliphatic heterocycles. The van der Waals surface area contributed by atoms with Gasteiger partial charge in [0.2, 0.25) is 5.82 Å². The molecule has 1 fully saturated rings. The molecule has 0 radical (unpaired) electrons. The highest BCUT2D eigenvalue weighted by atomic mass is 35.5. The normalized spacial score (nSPS) is 16.1. The number of hydrogen-bond donors (Lipinski definition) is 1. The summed E-state index contributed by atoms with van der Waals surface area (Å²) in [5.74, 6) is 3.04. The molecule has 0 bridgehead atoms. The molecule has 0 aliphatic carbocycles. The van der Waals surface area contributed by atoms with Crippen molar-refractivity contribution < 1.29 is 9.53 Å². The van der Waals surface area contributed by atoms with Crippen LogP contribution in [-0.2, 0) is 4.74 Å². The van der Waals surface area contributed by atoms with Gasteiger partial charge < -0.3 is 10.1 Å². The van der Waals surface area contributed by atoms with Gasteiger partial charge in [-0.25, -0.2) is 14.8 Å². The van der Waals surface area contributed by atoms with E-state index in [0.29, 0.717) is 11.7 Å². The minimum atomic E-state index is -0.584. The van der Waals surface area contributed by atoms with E-state index >= 15 is 0 Å². The van der Waals surface area contributed by atoms with Crippen molar-refractivity contribution >= 4 is 35.1 Å². The first-order valence-corrected chi connectivity index (χ1v) is 7.67. The number of anilines is 1. The molecule has 0 spiro atoms. The van der Waals surface area contributed by atoms with E-state index in [2.05, 4.69) is 20.0 Å². The number of thioether (sulfide) groups is 1. The summed E-state index contributed by atoms with van der Waals surface area (Å²) in [7, 11) is 1.29. The molecule has 2 heterocycles. The van der Waals surface area contributed by atoms with Gasteiger partial charge in [0, 0.05) is 12.6 Å². The highest BCUT2D eigenvalue weighted by molar-refractivity contribution is 7.99. The molecule has 0 saturated carbocycles. The quantitative estimate of drug-likeness (QED) is 0.681. The van der Waals surface area contributed by atoms with E-state index in [4.69, 9.17) is 11.6 Å². The van der Waals surface area contributed by atoms with Crippen molar-refractivity contribution in [3.8, 4) is 0 Å². The van der Waals surface area contributed by atoms with Crippen LogP contribution in [0.2, 0.25) is 5.15 Å². The number of nitrogens with one attached hydrogen (secondary N) is 1. The smallest absolute Gasteiger partial charge is 0.376 e. The fourth-order valence-electron chi connectivity index (χ4n) is 1.89. The van der Waals surface area contributed by atoms with Crippen LogP contribution in [0.1, 0.15) is 23.5 Å². The van der Waals surface area contributed by atoms with Gasteiger partial charge >= 0.3 is 5.97 Å². The number of aromatic nitrogens is 2. The maximum absolute atomic E-state index is 11.4. The third kappa shape index (κ3) is 4.24. The van der Waals surface area contributed by atoms with E-state index in [1.165, 1.54) is 31.5 Å². The first-order valence-electron chi connectivity index (χ1n) is 6.13. The lowest BCUT2D eigenvalue weighted by atomic mass is 10.0. The second-order valence-electron chi connectivity index (χ2n) is 4.33. The average molecular weight is 302 g/mol. The number of ether oxygens (including phenoxy) is 1. The highest BCUT2D eigenvalue weighted by Gasteiger charge is 2.15. The molecule has 1 saturated heterocycles. The molecule has 104 valence electrons. The van der Waals surface area contributed by atoms with Crippen molar-refractivity contribution in [1.82, 2.24) is 9.97 Å². The van der Waals surface area contributed by atoms with Gasteiger partial charge in [0.05, 0.1) is 7.11 Å². The Morgan fingerprint density at radius 3 is 2.95 bits per heavy atom. The van der Waals surface area contributed by atoms with Crippen LogP contribution in [0.5, 0.6) is 0 Å². The summed E-state index contributed by atoms with van der Waals surface area (Å²) < 4.78 is 4.59. The van der Waals surface area contributed by atoms with E-state index in [0.717, 1.165) is 6.54 Å². The number of halogens is 1. The van der Waals surface area contributed by atoms with E-state index in [-0.39, 0.29) is 11.0 Å². The fraction of sp³-hybridized carbons (Fsp3) is 0.583. The molecular weight excluding hydrogens is 286 g/mol. The van der Waals surface area contributed by atoms with Crippen LogP contribution in [0.3, 0.4) is 0 Å². The summed E-state index contributed by atoms with van der Waals surface area (Å²) in [4.78, 5) is 19.3. The molecule has 19 heavy (non-hydrogen) atoms. The zero-order valence-corrected chi connectivity index (χ0v) is 12.3. The average Bonchev–Trinajstić information content (AvgIpc) is 2.45. The summed E-state index contributed by atoms with van der Waals surface area (Å²) >= 11 is 7.87. The number of carbonyl (C=O) groups excluding carboxylic acids is 1. The van der Waals surface area contributed by atoms with Gasteiger partial charge in [-0.2, -0.15) is 11.8 Å². The lowest BCUT2D eigenvalue weighted by molar-refractivity contribution is 0.0587. The van der Waals surface area contributed by atoms with E-state index < -0.39 is 5.97 Å². The first-order chi connectivity index (χ1) is 9.19. The summed E-state index contributed by atoms with van der Waals surface area (Å²) in [6.07, 6.45) is 2.42. The number of nitrogens with zero attached hydrogens (tertiary/aromatic N) is 2. The van der Waals surface area contributed by atoms with Crippen LogP contribution in [0.4, 0.5) is 5.82 Å². The van der Waals surface area contributed by atoms with Gasteiger partial charge in [0.1, 0.15) is 11.0 Å². The molecule has 1 aromatic rings. The van der Waals surface area contributed by atoms with Gasteiger partial charge in [-0.1, -0.05) is 11.6 Å². The number of rotatable bonds is 4. The van der Waals surface area contributed by atoms with Crippen LogP contribution in [-0.4, -0.2) is 41.1 Å². The highest BCUT2D eigenvalue weighted by Crippen LogP contribution is 2.23. The predicted molar refractivity (Wildman–Crippen MR) is 76.9 cm³/mol. The van der Waals surface area contributed by atoms with Crippen LogP contribution in [0, 0.1) is 5.92 Å². The van der Waals surface area contributed by atoms with Gasteiger partial charge in [0.25, 0.3) is 0 Å². The minimum absolute atomic E-state index is 0.0169. The zero-order valence-electron chi connectivity index (χ0n) is 10.7. The summed E-state index contributed by atoms with van der Waals surface area (Å²) in [5, 5.41) is 3.46. The minimum Gasteiger partial charge on any atom is -0.463 e. The fourth-order valence-corrected chi connectivity index (χ4v) is 3.28. The third-order valence-corrected chi connectivity index (χ3v) is 4.22. The molecule has 0 aromatic carbocycles. The Morgan fingerprint density at radius 2 is 2.26 bits per heavy atom. The molecule has 0 amide bonds. The number of hydrogen-bond acceptors (Lipinski definition) is 6. The van der Waals surface area contributed by atoms with Crippen LogP contribution < -0.4 is 5.32 Å². The maximum atomic E-state index is 11.4. The Kier molecular flexibility index (Phi) is 5.27. The van der Waals surface area contributed by atoms with Crippen molar-refractivity contribution in [2.75, 3.05) is 30.5 Å². The van der Waals surface area contributed by atoms with E-state index in [1.54, 1.807) is 6.07 Å². The predicted octanol–water partition coefficient (Wildman–Crippen LogP) is 2.47. The Morgan fingerprint density at radius 1 is 1.53 bits per heavy atom. The van der Waals surface area contributed by atoms with Crippen molar-refractivity contribution in [2.45, 2.75) is 12.8 Å². The van der Waals surface area contributed by atoms with Crippen LogP contribution >= 0.6 is 23.4 Å². The van der Waals surface area contributed by atoms with Gasteiger partial charge in [0.15, 0.2) is 0 Å². The van der Waals surface area contributed by atoms with Gasteiger partial charge in [-0.3, -0.25) is 0 Å². The van der Waals surface area contributed by atoms with Crippen molar-refractivity contribution in [1.29, 1.82) is 0 Å². The zero-order chi connectivity index (χ0) is 13.7. The van der Waals surface area contributed by atoms with Crippen LogP contribution in [0.15, 0.2) is 6.07 Å². The second kappa shape index (κ2) is 6.96. The molecule has 0 unspecified atom stereocenters. The third-order valence-electron chi connectivity index (χ3n) is 2.98. The standard InChI is InChI=1S/C12H16ClN3O2S/c1-18-12(17)11-15-9(13)6-10(16-11)14-7-8-2-4-19-5-3-8/h6,8H,2-5,7H2,1H3,(H,14,15,16). The summed E-state index contributed by atoms with van der Waals surface area (Å²) in [6, 6.07) is 1.62. The largest absolute Gasteiger partial charge is 0.463 e. The molecule has 1 N–H and O–H groups in total. The Hall–Kier alpha value is -1.01. The number of carbonyl (C=O) groups is 1. The van der Waals surface area contributed by atoms with Crippen molar-refractivity contribution in [2.24, 2.45) is 5.92 Å². The molecule has 0 atom stereocenters. The monoisotopic (exact) mass is 301 g/mol. The second-order valence-corrected chi connectivity index (χ2v) is 5.94. The Bertz CT molecular complexity index is 453. The molecule has 5 nitrogen and oxygen atoms in total. The Labute approximate surface area is 121 Å². The first kappa shape index (κ1) is 14.4. The van der Waals surface area contributed by atoms with E-state index in [1.807, 2.05) is 11.8 Å². The lowest BCUT2D eigenvalue weighted by Crippen LogP contribution is -2.20. The summed E-state index contributed by atoms with van der Waals surface area (Å²) in [6.45, 7) is 0.842. The SMILES string of the molecule is COC(=O)c1nc(Cl)cc(NCC2CCSCC2)n1. The van der Waals surface area contributed by atoms with Crippen molar-refractivity contribution in [3.63, 3.8) is 0 Å². The molecule has 1 aromatic heterocycles. The molecule has 2 rings (SSSR count). The molecule has 7 heteroatoms.